The monoisotopic (exact) mass is 348 g/mol. The van der Waals surface area contributed by atoms with Crippen LogP contribution in [0.4, 0.5) is 4.39 Å². The van der Waals surface area contributed by atoms with E-state index in [2.05, 4.69) is 21.4 Å². The van der Waals surface area contributed by atoms with E-state index in [1.165, 1.54) is 6.07 Å². The van der Waals surface area contributed by atoms with Gasteiger partial charge in [-0.1, -0.05) is 17.7 Å². The lowest BCUT2D eigenvalue weighted by Gasteiger charge is -2.14. The number of hydrogen-bond acceptors (Lipinski definition) is 3. The molecule has 2 aromatic rings. The molecule has 0 aliphatic heterocycles. The predicted molar refractivity (Wildman–Crippen MR) is 77.2 cm³/mol. The van der Waals surface area contributed by atoms with Gasteiger partial charge in [0, 0.05) is 4.88 Å². The van der Waals surface area contributed by atoms with Crippen molar-refractivity contribution in [3.8, 4) is 0 Å². The molecule has 1 unspecified atom stereocenters. The predicted octanol–water partition coefficient (Wildman–Crippen LogP) is 4.05. The maximum atomic E-state index is 13.4. The van der Waals surface area contributed by atoms with E-state index in [-0.39, 0.29) is 11.1 Å². The summed E-state index contributed by atoms with van der Waals surface area (Å²) in [6, 6.07) is 8.72. The highest BCUT2D eigenvalue weighted by Crippen LogP contribution is 2.29. The third-order valence-corrected chi connectivity index (χ3v) is 4.61. The first kappa shape index (κ1) is 14.0. The SMILES string of the molecule is NNC(Cc1ccc(Cl)c(F)c1)c1ccc(Br)s1. The van der Waals surface area contributed by atoms with E-state index in [0.29, 0.717) is 6.42 Å². The first-order chi connectivity index (χ1) is 8.60. The Morgan fingerprint density at radius 3 is 2.72 bits per heavy atom. The van der Waals surface area contributed by atoms with Crippen LogP contribution in [-0.2, 0) is 6.42 Å². The first-order valence-corrected chi connectivity index (χ1v) is 7.24. The molecule has 0 saturated heterocycles. The summed E-state index contributed by atoms with van der Waals surface area (Å²) >= 11 is 10.7. The number of rotatable bonds is 4. The lowest BCUT2D eigenvalue weighted by atomic mass is 10.1. The molecule has 2 rings (SSSR count). The van der Waals surface area contributed by atoms with Gasteiger partial charge in [0.15, 0.2) is 0 Å². The quantitative estimate of drug-likeness (QED) is 0.645. The number of hydrazine groups is 1. The second-order valence-electron chi connectivity index (χ2n) is 3.81. The van der Waals surface area contributed by atoms with Crippen molar-refractivity contribution in [3.05, 3.63) is 55.4 Å². The standard InChI is InChI=1S/C12H11BrClFN2S/c13-12-4-3-11(18-12)10(17-16)6-7-1-2-8(14)9(15)5-7/h1-5,10,17H,6,16H2. The highest BCUT2D eigenvalue weighted by Gasteiger charge is 2.13. The van der Waals surface area contributed by atoms with Gasteiger partial charge in [0.1, 0.15) is 5.82 Å². The van der Waals surface area contributed by atoms with Gasteiger partial charge in [0.05, 0.1) is 14.9 Å². The van der Waals surface area contributed by atoms with Crippen molar-refractivity contribution >= 4 is 38.9 Å². The van der Waals surface area contributed by atoms with Crippen LogP contribution in [0.2, 0.25) is 5.02 Å². The van der Waals surface area contributed by atoms with Gasteiger partial charge in [-0.3, -0.25) is 11.3 Å². The zero-order valence-corrected chi connectivity index (χ0v) is 12.4. The Morgan fingerprint density at radius 2 is 2.17 bits per heavy atom. The molecule has 1 heterocycles. The van der Waals surface area contributed by atoms with Crippen LogP contribution in [0.3, 0.4) is 0 Å². The highest BCUT2D eigenvalue weighted by atomic mass is 79.9. The first-order valence-electron chi connectivity index (χ1n) is 5.25. The van der Waals surface area contributed by atoms with Gasteiger partial charge in [0.25, 0.3) is 0 Å². The zero-order chi connectivity index (χ0) is 13.1. The van der Waals surface area contributed by atoms with Crippen molar-refractivity contribution in [2.24, 2.45) is 5.84 Å². The number of nitrogens with two attached hydrogens (primary N) is 1. The number of thiophene rings is 1. The Morgan fingerprint density at radius 1 is 1.39 bits per heavy atom. The van der Waals surface area contributed by atoms with Crippen molar-refractivity contribution in [1.29, 1.82) is 0 Å². The molecule has 0 spiro atoms. The fourth-order valence-corrected chi connectivity index (χ4v) is 3.26. The Bertz CT molecular complexity index is 547. The molecule has 0 aliphatic carbocycles. The molecule has 3 N–H and O–H groups in total. The summed E-state index contributed by atoms with van der Waals surface area (Å²) in [5.74, 6) is 5.15. The average Bonchev–Trinajstić information content (AvgIpc) is 2.77. The second-order valence-corrected chi connectivity index (χ2v) is 6.72. The van der Waals surface area contributed by atoms with E-state index in [9.17, 15) is 4.39 Å². The summed E-state index contributed by atoms with van der Waals surface area (Å²) in [6.45, 7) is 0. The third kappa shape index (κ3) is 3.30. The van der Waals surface area contributed by atoms with Gasteiger partial charge in [-0.05, 0) is 52.2 Å². The number of halogens is 3. The van der Waals surface area contributed by atoms with Crippen molar-refractivity contribution in [1.82, 2.24) is 5.43 Å². The Hall–Kier alpha value is -0.460. The normalized spacial score (nSPS) is 12.7. The molecule has 0 fully saturated rings. The summed E-state index contributed by atoms with van der Waals surface area (Å²) in [5, 5.41) is 0.134. The number of nitrogens with one attached hydrogen (secondary N) is 1. The lowest BCUT2D eigenvalue weighted by Crippen LogP contribution is -2.28. The number of hydrogen-bond donors (Lipinski definition) is 2. The maximum absolute atomic E-state index is 13.4. The van der Waals surface area contributed by atoms with Gasteiger partial charge >= 0.3 is 0 Å². The molecule has 1 atom stereocenters. The van der Waals surface area contributed by atoms with E-state index in [1.54, 1.807) is 23.5 Å². The maximum Gasteiger partial charge on any atom is 0.142 e. The Labute approximate surface area is 122 Å². The van der Waals surface area contributed by atoms with E-state index in [0.717, 1.165) is 14.2 Å². The number of benzene rings is 1. The summed E-state index contributed by atoms with van der Waals surface area (Å²) in [4.78, 5) is 1.10. The van der Waals surface area contributed by atoms with Crippen LogP contribution in [0.1, 0.15) is 16.5 Å². The van der Waals surface area contributed by atoms with Crippen LogP contribution in [0.15, 0.2) is 34.1 Å². The molecule has 1 aromatic heterocycles. The van der Waals surface area contributed by atoms with Crippen LogP contribution >= 0.6 is 38.9 Å². The Kier molecular flexibility index (Phi) is 4.75. The molecule has 2 nitrogen and oxygen atoms in total. The van der Waals surface area contributed by atoms with E-state index in [1.807, 2.05) is 12.1 Å². The van der Waals surface area contributed by atoms with Crippen molar-refractivity contribution in [2.75, 3.05) is 0 Å². The lowest BCUT2D eigenvalue weighted by molar-refractivity contribution is 0.557. The van der Waals surface area contributed by atoms with E-state index >= 15 is 0 Å². The van der Waals surface area contributed by atoms with Gasteiger partial charge in [-0.25, -0.2) is 4.39 Å². The summed E-state index contributed by atoms with van der Waals surface area (Å²) in [5.41, 5.74) is 3.60. The third-order valence-electron chi connectivity index (χ3n) is 2.56. The van der Waals surface area contributed by atoms with E-state index < -0.39 is 5.82 Å². The van der Waals surface area contributed by atoms with Gasteiger partial charge < -0.3 is 0 Å². The van der Waals surface area contributed by atoms with Crippen molar-refractivity contribution in [3.63, 3.8) is 0 Å². The van der Waals surface area contributed by atoms with Crippen LogP contribution in [0.25, 0.3) is 0 Å². The minimum absolute atomic E-state index is 0.0399. The molecule has 18 heavy (non-hydrogen) atoms. The van der Waals surface area contributed by atoms with Crippen LogP contribution in [0, 0.1) is 5.82 Å². The zero-order valence-electron chi connectivity index (χ0n) is 9.29. The molecular weight excluding hydrogens is 339 g/mol. The Balaban J connectivity index is 2.17. The van der Waals surface area contributed by atoms with Gasteiger partial charge in [-0.15, -0.1) is 11.3 Å². The van der Waals surface area contributed by atoms with Crippen LogP contribution in [-0.4, -0.2) is 0 Å². The minimum Gasteiger partial charge on any atom is -0.271 e. The van der Waals surface area contributed by atoms with Crippen molar-refractivity contribution in [2.45, 2.75) is 12.5 Å². The molecule has 0 radical (unpaired) electrons. The minimum atomic E-state index is -0.405. The molecular formula is C12H11BrClFN2S. The fraction of sp³-hybridized carbons (Fsp3) is 0.167. The fourth-order valence-electron chi connectivity index (χ4n) is 1.66. The topological polar surface area (TPSA) is 38.0 Å². The average molecular weight is 350 g/mol. The molecule has 96 valence electrons. The smallest absolute Gasteiger partial charge is 0.142 e. The second kappa shape index (κ2) is 6.12. The van der Waals surface area contributed by atoms with Gasteiger partial charge in [0.2, 0.25) is 0 Å². The van der Waals surface area contributed by atoms with Crippen LogP contribution in [0.5, 0.6) is 0 Å². The largest absolute Gasteiger partial charge is 0.271 e. The highest BCUT2D eigenvalue weighted by molar-refractivity contribution is 9.11. The van der Waals surface area contributed by atoms with E-state index in [4.69, 9.17) is 17.4 Å². The molecule has 6 heteroatoms. The molecule has 0 saturated carbocycles. The summed E-state index contributed by atoms with van der Waals surface area (Å²) in [7, 11) is 0. The van der Waals surface area contributed by atoms with Crippen molar-refractivity contribution < 1.29 is 4.39 Å². The van der Waals surface area contributed by atoms with Gasteiger partial charge in [-0.2, -0.15) is 0 Å². The van der Waals surface area contributed by atoms with Crippen LogP contribution < -0.4 is 11.3 Å². The summed E-state index contributed by atoms with van der Waals surface area (Å²) in [6.07, 6.45) is 0.609. The molecule has 1 aromatic carbocycles. The molecule has 0 aliphatic rings. The molecule has 0 bridgehead atoms. The summed E-state index contributed by atoms with van der Waals surface area (Å²) < 4.78 is 14.4. The molecule has 0 amide bonds.